The average molecular weight is 282 g/mol. The molecule has 0 N–H and O–H groups in total. The van der Waals surface area contributed by atoms with Crippen LogP contribution in [0.3, 0.4) is 0 Å². The van der Waals surface area contributed by atoms with E-state index in [1.165, 1.54) is 0 Å². The van der Waals surface area contributed by atoms with Gasteiger partial charge >= 0.3 is 0 Å². The number of ether oxygens (including phenoxy) is 1. The van der Waals surface area contributed by atoms with Gasteiger partial charge in [-0.15, -0.1) is 10.2 Å². The minimum Gasteiger partial charge on any atom is -0.383 e. The van der Waals surface area contributed by atoms with Crippen LogP contribution in [0, 0.1) is 0 Å². The Morgan fingerprint density at radius 3 is 2.94 bits per heavy atom. The molecule has 1 heterocycles. The van der Waals surface area contributed by atoms with Gasteiger partial charge in [0.05, 0.1) is 6.61 Å². The van der Waals surface area contributed by atoms with Crippen molar-refractivity contribution >= 4 is 15.9 Å². The molecular formula is C11H12BrN3O. The molecule has 0 aliphatic carbocycles. The molecule has 16 heavy (non-hydrogen) atoms. The number of nitrogens with zero attached hydrogens (tertiary/aromatic N) is 3. The van der Waals surface area contributed by atoms with Crippen molar-refractivity contribution in [3.8, 4) is 11.4 Å². The summed E-state index contributed by atoms with van der Waals surface area (Å²) < 4.78 is 8.04. The molecule has 2 aromatic rings. The van der Waals surface area contributed by atoms with Gasteiger partial charge < -0.3 is 9.30 Å². The van der Waals surface area contributed by atoms with Crippen LogP contribution in [0.2, 0.25) is 0 Å². The van der Waals surface area contributed by atoms with E-state index in [0.29, 0.717) is 6.61 Å². The van der Waals surface area contributed by atoms with Crippen molar-refractivity contribution < 1.29 is 4.74 Å². The van der Waals surface area contributed by atoms with E-state index in [4.69, 9.17) is 4.74 Å². The lowest BCUT2D eigenvalue weighted by Crippen LogP contribution is -2.05. The van der Waals surface area contributed by atoms with Gasteiger partial charge in [-0.3, -0.25) is 0 Å². The van der Waals surface area contributed by atoms with Gasteiger partial charge in [-0.2, -0.15) is 0 Å². The smallest absolute Gasteiger partial charge is 0.164 e. The molecule has 0 saturated carbocycles. The summed E-state index contributed by atoms with van der Waals surface area (Å²) >= 11 is 3.51. The lowest BCUT2D eigenvalue weighted by molar-refractivity contribution is 0.187. The third-order valence-electron chi connectivity index (χ3n) is 2.27. The number of hydrogen-bond acceptors (Lipinski definition) is 3. The molecule has 0 spiro atoms. The highest BCUT2D eigenvalue weighted by atomic mass is 79.9. The topological polar surface area (TPSA) is 39.9 Å². The number of halogens is 1. The van der Waals surface area contributed by atoms with E-state index in [1.807, 2.05) is 28.8 Å². The molecule has 0 aliphatic heterocycles. The summed E-state index contributed by atoms with van der Waals surface area (Å²) in [7, 11) is 1.68. The molecule has 1 aromatic heterocycles. The van der Waals surface area contributed by atoms with Gasteiger partial charge in [0, 0.05) is 23.7 Å². The van der Waals surface area contributed by atoms with E-state index in [2.05, 4.69) is 26.1 Å². The third kappa shape index (κ3) is 2.31. The molecule has 0 unspecified atom stereocenters. The summed E-state index contributed by atoms with van der Waals surface area (Å²) in [6, 6.07) is 7.96. The number of benzene rings is 1. The Morgan fingerprint density at radius 1 is 1.38 bits per heavy atom. The van der Waals surface area contributed by atoms with Crippen LogP contribution in [0.1, 0.15) is 0 Å². The zero-order valence-corrected chi connectivity index (χ0v) is 10.5. The summed E-state index contributed by atoms with van der Waals surface area (Å²) in [5.41, 5.74) is 1.04. The standard InChI is InChI=1S/C11H12BrN3O/c1-16-7-6-15-8-13-14-11(15)9-4-2-3-5-10(9)12/h2-5,8H,6-7H2,1H3. The molecule has 0 aliphatic rings. The number of aromatic nitrogens is 3. The highest BCUT2D eigenvalue weighted by Crippen LogP contribution is 2.25. The summed E-state index contributed by atoms with van der Waals surface area (Å²) in [6.07, 6.45) is 1.72. The minimum absolute atomic E-state index is 0.648. The van der Waals surface area contributed by atoms with E-state index in [9.17, 15) is 0 Å². The first-order valence-corrected chi connectivity index (χ1v) is 5.74. The summed E-state index contributed by atoms with van der Waals surface area (Å²) in [5.74, 6) is 0.851. The van der Waals surface area contributed by atoms with Gasteiger partial charge in [-0.05, 0) is 6.07 Å². The fourth-order valence-electron chi connectivity index (χ4n) is 1.46. The Bertz CT molecular complexity index is 470. The molecule has 84 valence electrons. The van der Waals surface area contributed by atoms with Crippen molar-refractivity contribution in [3.05, 3.63) is 35.1 Å². The predicted molar refractivity (Wildman–Crippen MR) is 65.0 cm³/mol. The van der Waals surface area contributed by atoms with Crippen molar-refractivity contribution in [2.45, 2.75) is 6.54 Å². The fourth-order valence-corrected chi connectivity index (χ4v) is 1.92. The molecule has 1 aromatic carbocycles. The monoisotopic (exact) mass is 281 g/mol. The van der Waals surface area contributed by atoms with Crippen molar-refractivity contribution in [1.82, 2.24) is 14.8 Å². The van der Waals surface area contributed by atoms with Crippen molar-refractivity contribution in [2.75, 3.05) is 13.7 Å². The van der Waals surface area contributed by atoms with Crippen LogP contribution >= 0.6 is 15.9 Å². The average Bonchev–Trinajstić information content (AvgIpc) is 2.75. The highest BCUT2D eigenvalue weighted by molar-refractivity contribution is 9.10. The quantitative estimate of drug-likeness (QED) is 0.864. The van der Waals surface area contributed by atoms with Gasteiger partial charge in [-0.25, -0.2) is 0 Å². The molecule has 2 rings (SSSR count). The maximum Gasteiger partial charge on any atom is 0.164 e. The summed E-state index contributed by atoms with van der Waals surface area (Å²) in [6.45, 7) is 1.40. The third-order valence-corrected chi connectivity index (χ3v) is 2.96. The summed E-state index contributed by atoms with van der Waals surface area (Å²) in [5, 5.41) is 8.06. The molecule has 0 atom stereocenters. The second-order valence-electron chi connectivity index (χ2n) is 3.32. The molecular weight excluding hydrogens is 270 g/mol. The van der Waals surface area contributed by atoms with Crippen LogP contribution in [-0.2, 0) is 11.3 Å². The lowest BCUT2D eigenvalue weighted by Gasteiger charge is -2.06. The van der Waals surface area contributed by atoms with Crippen LogP contribution in [0.25, 0.3) is 11.4 Å². The number of methoxy groups -OCH3 is 1. The van der Waals surface area contributed by atoms with Gasteiger partial charge in [0.15, 0.2) is 5.82 Å². The Kier molecular flexibility index (Phi) is 3.69. The van der Waals surface area contributed by atoms with Crippen molar-refractivity contribution in [2.24, 2.45) is 0 Å². The Hall–Kier alpha value is -1.20. The van der Waals surface area contributed by atoms with Crippen LogP contribution < -0.4 is 0 Å². The predicted octanol–water partition coefficient (Wildman–Crippen LogP) is 2.35. The van der Waals surface area contributed by atoms with Gasteiger partial charge in [0.1, 0.15) is 6.33 Å². The largest absolute Gasteiger partial charge is 0.383 e. The van der Waals surface area contributed by atoms with Gasteiger partial charge in [0.25, 0.3) is 0 Å². The maximum absolute atomic E-state index is 5.05. The first-order valence-electron chi connectivity index (χ1n) is 4.94. The Morgan fingerprint density at radius 2 is 2.19 bits per heavy atom. The zero-order chi connectivity index (χ0) is 11.4. The normalized spacial score (nSPS) is 10.6. The minimum atomic E-state index is 0.648. The SMILES string of the molecule is COCCn1cnnc1-c1ccccc1Br. The van der Waals surface area contributed by atoms with Gasteiger partial charge in [-0.1, -0.05) is 34.1 Å². The van der Waals surface area contributed by atoms with E-state index in [1.54, 1.807) is 13.4 Å². The second-order valence-corrected chi connectivity index (χ2v) is 4.17. The molecule has 0 bridgehead atoms. The highest BCUT2D eigenvalue weighted by Gasteiger charge is 2.09. The van der Waals surface area contributed by atoms with E-state index in [0.717, 1.165) is 22.4 Å². The van der Waals surface area contributed by atoms with Gasteiger partial charge in [0.2, 0.25) is 0 Å². The molecule has 0 saturated heterocycles. The Labute approximate surface area is 102 Å². The molecule has 0 amide bonds. The van der Waals surface area contributed by atoms with Crippen molar-refractivity contribution in [3.63, 3.8) is 0 Å². The molecule has 0 fully saturated rings. The maximum atomic E-state index is 5.05. The molecule has 5 heteroatoms. The molecule has 0 radical (unpaired) electrons. The number of hydrogen-bond donors (Lipinski definition) is 0. The van der Waals surface area contributed by atoms with E-state index >= 15 is 0 Å². The zero-order valence-electron chi connectivity index (χ0n) is 8.93. The second kappa shape index (κ2) is 5.23. The van der Waals surface area contributed by atoms with E-state index in [-0.39, 0.29) is 0 Å². The summed E-state index contributed by atoms with van der Waals surface area (Å²) in [4.78, 5) is 0. The molecule has 4 nitrogen and oxygen atoms in total. The lowest BCUT2D eigenvalue weighted by atomic mass is 10.2. The van der Waals surface area contributed by atoms with E-state index < -0.39 is 0 Å². The van der Waals surface area contributed by atoms with Crippen LogP contribution in [0.4, 0.5) is 0 Å². The fraction of sp³-hybridized carbons (Fsp3) is 0.273. The first kappa shape index (κ1) is 11.3. The van der Waals surface area contributed by atoms with Crippen molar-refractivity contribution in [1.29, 1.82) is 0 Å². The van der Waals surface area contributed by atoms with Crippen LogP contribution in [-0.4, -0.2) is 28.5 Å². The Balaban J connectivity index is 2.33. The van der Waals surface area contributed by atoms with Crippen LogP contribution in [0.15, 0.2) is 35.1 Å². The van der Waals surface area contributed by atoms with Crippen LogP contribution in [0.5, 0.6) is 0 Å². The number of rotatable bonds is 4. The first-order chi connectivity index (χ1) is 7.83.